The Morgan fingerprint density at radius 3 is 2.21 bits per heavy atom. The van der Waals surface area contributed by atoms with Gasteiger partial charge in [0.2, 0.25) is 5.13 Å². The average molecular weight is 403 g/mol. The maximum absolute atomic E-state index is 10.8. The largest absolute Gasteiger partial charge is 0.496 e. The monoisotopic (exact) mass is 403 g/mol. The fourth-order valence-corrected chi connectivity index (χ4v) is 3.38. The second-order valence-electron chi connectivity index (χ2n) is 5.42. The third kappa shape index (κ3) is 3.41. The van der Waals surface area contributed by atoms with Gasteiger partial charge in [0.15, 0.2) is 0 Å². The molecule has 0 radical (unpaired) electrons. The van der Waals surface area contributed by atoms with Gasteiger partial charge in [-0.25, -0.2) is 9.98 Å². The number of aromatic nitrogens is 1. The first-order valence-electron chi connectivity index (χ1n) is 7.98. The van der Waals surface area contributed by atoms with E-state index < -0.39 is 4.92 Å². The molecule has 0 fully saturated rings. The van der Waals surface area contributed by atoms with Gasteiger partial charge in [-0.2, -0.15) is 0 Å². The van der Waals surface area contributed by atoms with Crippen LogP contribution in [0.5, 0.6) is 23.0 Å². The van der Waals surface area contributed by atoms with Crippen LogP contribution >= 0.6 is 11.3 Å². The van der Waals surface area contributed by atoms with Crippen LogP contribution in [0.1, 0.15) is 5.56 Å². The average Bonchev–Trinajstić information content (AvgIpc) is 3.19. The molecule has 0 aliphatic heterocycles. The Morgan fingerprint density at radius 1 is 1.04 bits per heavy atom. The van der Waals surface area contributed by atoms with Crippen molar-refractivity contribution in [3.63, 3.8) is 0 Å². The highest BCUT2D eigenvalue weighted by atomic mass is 32.1. The fourth-order valence-electron chi connectivity index (χ4n) is 2.80. The summed E-state index contributed by atoms with van der Waals surface area (Å²) in [7, 11) is 6.21. The molecule has 28 heavy (non-hydrogen) atoms. The molecule has 9 nitrogen and oxygen atoms in total. The van der Waals surface area contributed by atoms with Crippen molar-refractivity contribution in [2.75, 3.05) is 28.4 Å². The van der Waals surface area contributed by atoms with Gasteiger partial charge in [-0.3, -0.25) is 10.1 Å². The zero-order valence-electron chi connectivity index (χ0n) is 15.6. The molecule has 0 saturated carbocycles. The second-order valence-corrected chi connectivity index (χ2v) is 6.41. The summed E-state index contributed by atoms with van der Waals surface area (Å²) in [6.07, 6.45) is 2.69. The van der Waals surface area contributed by atoms with Crippen LogP contribution in [0.15, 0.2) is 29.4 Å². The number of thiazole rings is 1. The van der Waals surface area contributed by atoms with E-state index in [-0.39, 0.29) is 10.1 Å². The highest BCUT2D eigenvalue weighted by Crippen LogP contribution is 2.46. The van der Waals surface area contributed by atoms with Crippen molar-refractivity contribution in [2.45, 2.75) is 0 Å². The van der Waals surface area contributed by atoms with Crippen LogP contribution in [0.2, 0.25) is 0 Å². The van der Waals surface area contributed by atoms with Crippen molar-refractivity contribution in [1.82, 2.24) is 4.98 Å². The highest BCUT2D eigenvalue weighted by molar-refractivity contribution is 7.18. The van der Waals surface area contributed by atoms with Gasteiger partial charge in [0.1, 0.15) is 29.2 Å². The van der Waals surface area contributed by atoms with Crippen molar-refractivity contribution in [3.05, 3.63) is 40.1 Å². The minimum Gasteiger partial charge on any atom is -0.496 e. The first kappa shape index (κ1) is 19.4. The number of ether oxygens (including phenoxy) is 4. The molecule has 1 heterocycles. The van der Waals surface area contributed by atoms with E-state index in [4.69, 9.17) is 18.9 Å². The molecule has 3 aromatic rings. The van der Waals surface area contributed by atoms with Crippen LogP contribution < -0.4 is 18.9 Å². The standard InChI is InChI=1S/C18H17N3O6S/c1-24-11-5-6-12(25-2)16-15(11)13(26-3)7-10(17(16)27-4)8-19-18-20-9-14(28-18)21(22)23/h5-9H,1-4H3. The molecule has 0 aliphatic rings. The number of fused-ring (bicyclic) bond motifs is 1. The van der Waals surface area contributed by atoms with Gasteiger partial charge in [0.25, 0.3) is 0 Å². The Kier molecular flexibility index (Phi) is 5.59. The van der Waals surface area contributed by atoms with Crippen LogP contribution in [0, 0.1) is 10.1 Å². The molecular formula is C18H17N3O6S. The van der Waals surface area contributed by atoms with E-state index in [1.165, 1.54) is 19.5 Å². The summed E-state index contributed by atoms with van der Waals surface area (Å²) in [5.74, 6) is 2.22. The van der Waals surface area contributed by atoms with E-state index >= 15 is 0 Å². The maximum Gasteiger partial charge on any atom is 0.345 e. The predicted octanol–water partition coefficient (Wildman–Crippen LogP) is 3.99. The molecule has 146 valence electrons. The van der Waals surface area contributed by atoms with Crippen LogP contribution in [-0.2, 0) is 0 Å². The Bertz CT molecular complexity index is 1060. The van der Waals surface area contributed by atoms with Crippen molar-refractivity contribution < 1.29 is 23.9 Å². The quantitative estimate of drug-likeness (QED) is 0.334. The van der Waals surface area contributed by atoms with Gasteiger partial charge in [0.05, 0.1) is 44.1 Å². The SMILES string of the molecule is COc1ccc(OC)c2c(OC)c(C=Nc3ncc([N+](=O)[O-])s3)cc(OC)c12. The minimum absolute atomic E-state index is 0.0818. The van der Waals surface area contributed by atoms with Gasteiger partial charge in [-0.15, -0.1) is 0 Å². The lowest BCUT2D eigenvalue weighted by molar-refractivity contribution is -0.380. The lowest BCUT2D eigenvalue weighted by atomic mass is 10.0. The van der Waals surface area contributed by atoms with Crippen molar-refractivity contribution in [2.24, 2.45) is 4.99 Å². The number of aliphatic imine (C=N–C) groups is 1. The molecule has 0 aliphatic carbocycles. The van der Waals surface area contributed by atoms with E-state index in [1.54, 1.807) is 39.5 Å². The van der Waals surface area contributed by atoms with Gasteiger partial charge >= 0.3 is 5.00 Å². The van der Waals surface area contributed by atoms with Crippen molar-refractivity contribution in [1.29, 1.82) is 0 Å². The molecule has 0 N–H and O–H groups in total. The van der Waals surface area contributed by atoms with Gasteiger partial charge in [0, 0.05) is 11.8 Å². The first-order chi connectivity index (χ1) is 13.5. The molecule has 3 rings (SSSR count). The molecule has 1 aromatic heterocycles. The number of nitrogens with zero attached hydrogens (tertiary/aromatic N) is 3. The molecule has 2 aromatic carbocycles. The number of benzene rings is 2. The third-order valence-electron chi connectivity index (χ3n) is 3.99. The highest BCUT2D eigenvalue weighted by Gasteiger charge is 2.20. The van der Waals surface area contributed by atoms with Gasteiger partial charge in [-0.05, 0) is 29.5 Å². The summed E-state index contributed by atoms with van der Waals surface area (Å²) < 4.78 is 22.1. The van der Waals surface area contributed by atoms with E-state index in [0.717, 1.165) is 11.3 Å². The van der Waals surface area contributed by atoms with E-state index in [0.29, 0.717) is 39.3 Å². The number of nitro groups is 1. The van der Waals surface area contributed by atoms with Crippen LogP contribution in [0.4, 0.5) is 10.1 Å². The lowest BCUT2D eigenvalue weighted by Gasteiger charge is -2.17. The van der Waals surface area contributed by atoms with Crippen molar-refractivity contribution in [3.8, 4) is 23.0 Å². The third-order valence-corrected chi connectivity index (χ3v) is 4.85. The fraction of sp³-hybridized carbons (Fsp3) is 0.222. The van der Waals surface area contributed by atoms with E-state index in [2.05, 4.69) is 9.98 Å². The molecule has 0 atom stereocenters. The molecule has 0 amide bonds. The van der Waals surface area contributed by atoms with Crippen LogP contribution in [0.3, 0.4) is 0 Å². The van der Waals surface area contributed by atoms with Crippen LogP contribution in [-0.4, -0.2) is 44.6 Å². The zero-order chi connectivity index (χ0) is 20.3. The molecule has 0 saturated heterocycles. The van der Waals surface area contributed by atoms with Crippen LogP contribution in [0.25, 0.3) is 10.8 Å². The van der Waals surface area contributed by atoms with Gasteiger partial charge < -0.3 is 18.9 Å². The van der Waals surface area contributed by atoms with E-state index in [9.17, 15) is 10.1 Å². The zero-order valence-corrected chi connectivity index (χ0v) is 16.4. The summed E-state index contributed by atoms with van der Waals surface area (Å²) in [4.78, 5) is 18.5. The topological polar surface area (TPSA) is 105 Å². The Labute approximate surface area is 164 Å². The molecule has 0 unspecified atom stereocenters. The van der Waals surface area contributed by atoms with Crippen molar-refractivity contribution >= 4 is 38.5 Å². The lowest BCUT2D eigenvalue weighted by Crippen LogP contribution is -1.99. The van der Waals surface area contributed by atoms with E-state index in [1.807, 2.05) is 0 Å². The molecule has 0 bridgehead atoms. The first-order valence-corrected chi connectivity index (χ1v) is 8.79. The minimum atomic E-state index is -0.506. The normalized spacial score (nSPS) is 11.0. The Morgan fingerprint density at radius 2 is 1.68 bits per heavy atom. The Hall–Kier alpha value is -3.40. The summed E-state index contributed by atoms with van der Waals surface area (Å²) >= 11 is 0.876. The number of methoxy groups -OCH3 is 4. The smallest absolute Gasteiger partial charge is 0.345 e. The summed E-state index contributed by atoms with van der Waals surface area (Å²) in [6.45, 7) is 0. The summed E-state index contributed by atoms with van der Waals surface area (Å²) in [5.41, 5.74) is 0.594. The second kappa shape index (κ2) is 8.09. The van der Waals surface area contributed by atoms with Gasteiger partial charge in [-0.1, -0.05) is 0 Å². The number of rotatable bonds is 7. The summed E-state index contributed by atoms with van der Waals surface area (Å²) in [6, 6.07) is 5.30. The molecule has 0 spiro atoms. The maximum atomic E-state index is 10.8. The number of hydrogen-bond donors (Lipinski definition) is 0. The molecular weight excluding hydrogens is 386 g/mol. The number of hydrogen-bond acceptors (Lipinski definition) is 9. The molecule has 10 heteroatoms. The summed E-state index contributed by atoms with van der Waals surface area (Å²) in [5, 5.41) is 12.3. The Balaban J connectivity index is 2.22. The predicted molar refractivity (Wildman–Crippen MR) is 106 cm³/mol.